The van der Waals surface area contributed by atoms with Gasteiger partial charge in [0.2, 0.25) is 0 Å². The van der Waals surface area contributed by atoms with Gasteiger partial charge in [0.25, 0.3) is 5.56 Å². The zero-order valence-electron chi connectivity index (χ0n) is 14.4. The van der Waals surface area contributed by atoms with E-state index in [9.17, 15) is 9.59 Å². The molecule has 0 saturated carbocycles. The maximum atomic E-state index is 12.3. The molecule has 0 radical (unpaired) electrons. The van der Waals surface area contributed by atoms with Crippen LogP contribution >= 0.6 is 0 Å². The number of carbonyl (C=O) groups excluding carboxylic acids is 1. The highest BCUT2D eigenvalue weighted by molar-refractivity contribution is 5.90. The largest absolute Gasteiger partial charge is 0.350 e. The van der Waals surface area contributed by atoms with E-state index in [4.69, 9.17) is 0 Å². The second-order valence-corrected chi connectivity index (χ2v) is 6.24. The lowest BCUT2D eigenvalue weighted by molar-refractivity contribution is 0.246. The van der Waals surface area contributed by atoms with Crippen LogP contribution in [0.4, 0.5) is 16.3 Å². The van der Waals surface area contributed by atoms with Gasteiger partial charge in [-0.3, -0.25) is 9.78 Å². The third kappa shape index (κ3) is 3.96. The van der Waals surface area contributed by atoms with Crippen LogP contribution in [0.1, 0.15) is 18.4 Å². The second-order valence-electron chi connectivity index (χ2n) is 6.24. The molecule has 1 saturated heterocycles. The number of urea groups is 1. The summed E-state index contributed by atoms with van der Waals surface area (Å²) in [6, 6.07) is 1.47. The zero-order valence-corrected chi connectivity index (χ0v) is 14.4. The Balaban J connectivity index is 1.64. The predicted octanol–water partition coefficient (Wildman–Crippen LogP) is 1.27. The Kier molecular flexibility index (Phi) is 4.97. The van der Waals surface area contributed by atoms with Crippen molar-refractivity contribution in [2.75, 3.05) is 23.3 Å². The lowest BCUT2D eigenvalue weighted by atomic mass is 10.1. The SMILES string of the molecule is Cc1cnccc1NC(=O)NC1CCCN(c2nccn(C)c2=O)C1. The monoisotopic (exact) mass is 342 g/mol. The molecule has 8 heteroatoms. The average molecular weight is 342 g/mol. The number of anilines is 2. The zero-order chi connectivity index (χ0) is 17.8. The van der Waals surface area contributed by atoms with Gasteiger partial charge in [-0.25, -0.2) is 9.78 Å². The Hall–Kier alpha value is -2.90. The minimum absolute atomic E-state index is 0.0393. The van der Waals surface area contributed by atoms with Crippen LogP contribution in [0.15, 0.2) is 35.6 Å². The van der Waals surface area contributed by atoms with Crippen LogP contribution in [-0.4, -0.2) is 39.7 Å². The van der Waals surface area contributed by atoms with Gasteiger partial charge in [0.1, 0.15) is 0 Å². The molecular formula is C17H22N6O2. The van der Waals surface area contributed by atoms with Gasteiger partial charge in [0.05, 0.1) is 0 Å². The fraction of sp³-hybridized carbons (Fsp3) is 0.412. The molecule has 1 unspecified atom stereocenters. The molecule has 2 aromatic heterocycles. The molecule has 0 aromatic carbocycles. The van der Waals surface area contributed by atoms with Crippen LogP contribution in [0.3, 0.4) is 0 Å². The molecule has 0 bridgehead atoms. The standard InChI is InChI=1S/C17H22N6O2/c1-12-10-18-6-5-14(12)21-17(25)20-13-4-3-8-23(11-13)15-16(24)22(2)9-7-19-15/h5-7,9-10,13H,3-4,8,11H2,1-2H3,(H2,18,20,21,25). The molecule has 2 amide bonds. The van der Waals surface area contributed by atoms with Crippen molar-refractivity contribution < 1.29 is 4.79 Å². The van der Waals surface area contributed by atoms with Crippen molar-refractivity contribution >= 4 is 17.5 Å². The van der Waals surface area contributed by atoms with Crippen molar-refractivity contribution in [3.63, 3.8) is 0 Å². The Bertz CT molecular complexity index is 819. The topological polar surface area (TPSA) is 92.2 Å². The van der Waals surface area contributed by atoms with Crippen molar-refractivity contribution in [2.24, 2.45) is 7.05 Å². The van der Waals surface area contributed by atoms with E-state index >= 15 is 0 Å². The number of aryl methyl sites for hydroxylation is 2. The van der Waals surface area contributed by atoms with Gasteiger partial charge in [0.15, 0.2) is 5.82 Å². The fourth-order valence-electron chi connectivity index (χ4n) is 2.95. The number of hydrogen-bond acceptors (Lipinski definition) is 5. The van der Waals surface area contributed by atoms with Gasteiger partial charge >= 0.3 is 6.03 Å². The van der Waals surface area contributed by atoms with Crippen molar-refractivity contribution in [3.8, 4) is 0 Å². The molecule has 3 heterocycles. The summed E-state index contributed by atoms with van der Waals surface area (Å²) in [5.41, 5.74) is 1.51. The highest BCUT2D eigenvalue weighted by Crippen LogP contribution is 2.15. The summed E-state index contributed by atoms with van der Waals surface area (Å²) in [5.74, 6) is 0.432. The first-order valence-electron chi connectivity index (χ1n) is 8.29. The summed E-state index contributed by atoms with van der Waals surface area (Å²) in [5, 5.41) is 5.82. The van der Waals surface area contributed by atoms with Crippen LogP contribution in [-0.2, 0) is 7.05 Å². The summed E-state index contributed by atoms with van der Waals surface area (Å²) in [7, 11) is 1.71. The number of nitrogens with one attached hydrogen (secondary N) is 2. The molecule has 1 atom stereocenters. The van der Waals surface area contributed by atoms with Crippen molar-refractivity contribution in [3.05, 3.63) is 46.8 Å². The minimum Gasteiger partial charge on any atom is -0.350 e. The molecule has 1 fully saturated rings. The number of nitrogens with zero attached hydrogens (tertiary/aromatic N) is 4. The van der Waals surface area contributed by atoms with Crippen LogP contribution in [0.2, 0.25) is 0 Å². The number of aromatic nitrogens is 3. The Labute approximate surface area is 145 Å². The van der Waals surface area contributed by atoms with E-state index in [0.29, 0.717) is 12.4 Å². The molecule has 25 heavy (non-hydrogen) atoms. The van der Waals surface area contributed by atoms with Crippen LogP contribution < -0.4 is 21.1 Å². The Morgan fingerprint density at radius 2 is 2.20 bits per heavy atom. The smallest absolute Gasteiger partial charge is 0.319 e. The van der Waals surface area contributed by atoms with Crippen molar-refractivity contribution in [2.45, 2.75) is 25.8 Å². The number of rotatable bonds is 3. The molecule has 132 valence electrons. The highest BCUT2D eigenvalue weighted by atomic mass is 16.2. The molecule has 1 aliphatic rings. The lowest BCUT2D eigenvalue weighted by Gasteiger charge is -2.33. The number of pyridine rings is 1. The lowest BCUT2D eigenvalue weighted by Crippen LogP contribution is -2.50. The van der Waals surface area contributed by atoms with E-state index in [1.165, 1.54) is 4.57 Å². The third-order valence-corrected chi connectivity index (χ3v) is 4.32. The molecule has 2 aromatic rings. The van der Waals surface area contributed by atoms with Gasteiger partial charge in [-0.05, 0) is 31.4 Å². The van der Waals surface area contributed by atoms with Gasteiger partial charge in [-0.2, -0.15) is 0 Å². The summed E-state index contributed by atoms with van der Waals surface area (Å²) in [4.78, 5) is 34.6. The Morgan fingerprint density at radius 1 is 1.36 bits per heavy atom. The molecule has 1 aliphatic heterocycles. The van der Waals surface area contributed by atoms with Crippen LogP contribution in [0, 0.1) is 6.92 Å². The van der Waals surface area contributed by atoms with Crippen molar-refractivity contribution in [1.82, 2.24) is 19.9 Å². The second kappa shape index (κ2) is 7.33. The van der Waals surface area contributed by atoms with E-state index in [1.54, 1.807) is 37.9 Å². The Morgan fingerprint density at radius 3 is 3.00 bits per heavy atom. The van der Waals surface area contributed by atoms with Gasteiger partial charge in [-0.1, -0.05) is 0 Å². The van der Waals surface area contributed by atoms with E-state index in [2.05, 4.69) is 20.6 Å². The normalized spacial score (nSPS) is 17.2. The molecule has 0 aliphatic carbocycles. The summed E-state index contributed by atoms with van der Waals surface area (Å²) in [6.07, 6.45) is 8.35. The minimum atomic E-state index is -0.255. The number of amides is 2. The fourth-order valence-corrected chi connectivity index (χ4v) is 2.95. The quantitative estimate of drug-likeness (QED) is 0.876. The first-order chi connectivity index (χ1) is 12.0. The molecule has 8 nitrogen and oxygen atoms in total. The van der Waals surface area contributed by atoms with Gasteiger partial charge < -0.3 is 20.1 Å². The van der Waals surface area contributed by atoms with E-state index in [1.807, 2.05) is 11.8 Å². The molecule has 0 spiro atoms. The maximum absolute atomic E-state index is 12.3. The number of carbonyl (C=O) groups is 1. The molecule has 3 rings (SSSR count). The van der Waals surface area contributed by atoms with E-state index in [0.717, 1.165) is 30.6 Å². The van der Waals surface area contributed by atoms with E-state index < -0.39 is 0 Å². The summed E-state index contributed by atoms with van der Waals surface area (Å²) >= 11 is 0. The first-order valence-corrected chi connectivity index (χ1v) is 8.29. The summed E-state index contributed by atoms with van der Waals surface area (Å²) < 4.78 is 1.51. The number of piperidine rings is 1. The van der Waals surface area contributed by atoms with E-state index in [-0.39, 0.29) is 17.6 Å². The van der Waals surface area contributed by atoms with Gasteiger partial charge in [-0.15, -0.1) is 0 Å². The number of hydrogen-bond donors (Lipinski definition) is 2. The molecular weight excluding hydrogens is 320 g/mol. The van der Waals surface area contributed by atoms with Gasteiger partial charge in [0, 0.05) is 56.7 Å². The predicted molar refractivity (Wildman–Crippen MR) is 95.8 cm³/mol. The third-order valence-electron chi connectivity index (χ3n) is 4.32. The van der Waals surface area contributed by atoms with Crippen molar-refractivity contribution in [1.29, 1.82) is 0 Å². The highest BCUT2D eigenvalue weighted by Gasteiger charge is 2.24. The van der Waals surface area contributed by atoms with Crippen LogP contribution in [0.5, 0.6) is 0 Å². The molecule has 2 N–H and O–H groups in total. The van der Waals surface area contributed by atoms with Crippen LogP contribution in [0.25, 0.3) is 0 Å². The maximum Gasteiger partial charge on any atom is 0.319 e. The average Bonchev–Trinajstić information content (AvgIpc) is 2.59. The summed E-state index contributed by atoms with van der Waals surface area (Å²) in [6.45, 7) is 3.21. The first kappa shape index (κ1) is 16.9.